The Morgan fingerprint density at radius 2 is 2.06 bits per heavy atom. The van der Waals surface area contributed by atoms with Gasteiger partial charge in [-0.25, -0.2) is 4.98 Å². The van der Waals surface area contributed by atoms with Gasteiger partial charge in [-0.05, 0) is 69.7 Å². The molecule has 2 aromatic carbocycles. The highest BCUT2D eigenvalue weighted by Gasteiger charge is 2.28. The van der Waals surface area contributed by atoms with Crippen LogP contribution in [0.15, 0.2) is 47.3 Å². The average molecular weight is 446 g/mol. The largest absolute Gasteiger partial charge is 0.384 e. The minimum Gasteiger partial charge on any atom is -0.384 e. The zero-order chi connectivity index (χ0) is 23.4. The van der Waals surface area contributed by atoms with Gasteiger partial charge in [0.15, 0.2) is 0 Å². The monoisotopic (exact) mass is 445 g/mol. The Morgan fingerprint density at radius 1 is 1.21 bits per heavy atom. The fourth-order valence-corrected chi connectivity index (χ4v) is 5.07. The van der Waals surface area contributed by atoms with E-state index in [1.165, 1.54) is 44.1 Å². The molecular formula is C27H35N5O. The van der Waals surface area contributed by atoms with Gasteiger partial charge in [-0.1, -0.05) is 43.5 Å². The van der Waals surface area contributed by atoms with Crippen LogP contribution in [0.2, 0.25) is 0 Å². The highest BCUT2D eigenvalue weighted by molar-refractivity contribution is 5.96. The summed E-state index contributed by atoms with van der Waals surface area (Å²) in [5.74, 6) is -0.0302. The molecule has 0 spiro atoms. The molecule has 0 unspecified atom stereocenters. The number of fused-ring (bicyclic) bond motifs is 1. The van der Waals surface area contributed by atoms with E-state index in [1.54, 1.807) is 18.2 Å². The Labute approximate surface area is 195 Å². The molecule has 0 amide bonds. The summed E-state index contributed by atoms with van der Waals surface area (Å²) in [4.78, 5) is 20.3. The Hall–Kier alpha value is -2.99. The summed E-state index contributed by atoms with van der Waals surface area (Å²) < 4.78 is 0. The first-order valence-electron chi connectivity index (χ1n) is 12.1. The highest BCUT2D eigenvalue weighted by atomic mass is 16.1. The molecule has 1 aromatic heterocycles. The zero-order valence-corrected chi connectivity index (χ0v) is 19.7. The van der Waals surface area contributed by atoms with E-state index in [0.29, 0.717) is 28.4 Å². The van der Waals surface area contributed by atoms with E-state index in [2.05, 4.69) is 35.2 Å². The molecule has 2 atom stereocenters. The van der Waals surface area contributed by atoms with Crippen LogP contribution in [0.5, 0.6) is 0 Å². The van der Waals surface area contributed by atoms with Gasteiger partial charge in [0.1, 0.15) is 11.5 Å². The van der Waals surface area contributed by atoms with E-state index in [0.717, 1.165) is 23.9 Å². The zero-order valence-electron chi connectivity index (χ0n) is 19.7. The fraction of sp³-hybridized carbons (Fsp3) is 0.444. The molecule has 2 heterocycles. The van der Waals surface area contributed by atoms with Crippen LogP contribution in [0.1, 0.15) is 69.9 Å². The number of nitrogen functional groups attached to an aromatic ring is 1. The van der Waals surface area contributed by atoms with Crippen LogP contribution in [0.3, 0.4) is 0 Å². The average Bonchev–Trinajstić information content (AvgIpc) is 2.78. The molecule has 1 aliphatic heterocycles. The number of nitrogens with one attached hydrogen (secondary N) is 3. The highest BCUT2D eigenvalue weighted by Crippen LogP contribution is 2.27. The Morgan fingerprint density at radius 3 is 2.85 bits per heavy atom. The molecule has 33 heavy (non-hydrogen) atoms. The van der Waals surface area contributed by atoms with Crippen LogP contribution in [0.4, 0.5) is 0 Å². The predicted octanol–water partition coefficient (Wildman–Crippen LogP) is 4.90. The van der Waals surface area contributed by atoms with E-state index in [9.17, 15) is 4.79 Å². The summed E-state index contributed by atoms with van der Waals surface area (Å²) in [6, 6.07) is 13.8. The number of piperidine rings is 1. The minimum absolute atomic E-state index is 0.0302. The number of aromatic amines is 1. The van der Waals surface area contributed by atoms with E-state index in [-0.39, 0.29) is 11.4 Å². The van der Waals surface area contributed by atoms with Crippen LogP contribution in [0.25, 0.3) is 22.3 Å². The minimum atomic E-state index is -0.234. The number of unbranched alkanes of at least 4 members (excludes halogenated alkanes) is 2. The molecule has 3 aromatic rings. The van der Waals surface area contributed by atoms with Crippen LogP contribution in [-0.2, 0) is 6.42 Å². The second-order valence-corrected chi connectivity index (χ2v) is 9.82. The lowest BCUT2D eigenvalue weighted by Crippen LogP contribution is -2.50. The second-order valence-electron chi connectivity index (χ2n) is 9.82. The number of nitrogens with zero attached hydrogens (tertiary/aromatic N) is 1. The summed E-state index contributed by atoms with van der Waals surface area (Å²) in [7, 11) is 0. The van der Waals surface area contributed by atoms with Gasteiger partial charge in [0.2, 0.25) is 0 Å². The maximum absolute atomic E-state index is 12.7. The Balaban J connectivity index is 1.38. The lowest BCUT2D eigenvalue weighted by atomic mass is 9.83. The maximum Gasteiger partial charge on any atom is 0.274 e. The molecule has 6 heteroatoms. The molecule has 0 radical (unpaired) electrons. The number of aromatic nitrogens is 2. The summed E-state index contributed by atoms with van der Waals surface area (Å²) >= 11 is 0. The van der Waals surface area contributed by atoms with Crippen molar-refractivity contribution in [1.29, 1.82) is 5.41 Å². The summed E-state index contributed by atoms with van der Waals surface area (Å²) in [6.07, 6.45) is 9.74. The van der Waals surface area contributed by atoms with Gasteiger partial charge in [0, 0.05) is 22.7 Å². The molecular weight excluding hydrogens is 410 g/mol. The molecule has 4 rings (SSSR count). The number of aryl methyl sites for hydroxylation is 1. The molecule has 0 aliphatic carbocycles. The van der Waals surface area contributed by atoms with Crippen LogP contribution in [-0.4, -0.2) is 27.4 Å². The van der Waals surface area contributed by atoms with Gasteiger partial charge in [-0.2, -0.15) is 0 Å². The van der Waals surface area contributed by atoms with Crippen molar-refractivity contribution in [1.82, 2.24) is 15.3 Å². The molecule has 1 saturated heterocycles. The quantitative estimate of drug-likeness (QED) is 0.225. The number of benzene rings is 2. The number of rotatable bonds is 8. The molecule has 0 saturated carbocycles. The van der Waals surface area contributed by atoms with Crippen LogP contribution < -0.4 is 16.6 Å². The molecule has 5 N–H and O–H groups in total. The van der Waals surface area contributed by atoms with Gasteiger partial charge in [0.05, 0.1) is 11.0 Å². The first kappa shape index (κ1) is 23.2. The normalized spacial score (nSPS) is 20.7. The van der Waals surface area contributed by atoms with Crippen molar-refractivity contribution >= 4 is 16.9 Å². The molecule has 1 aliphatic rings. The Bertz CT molecular complexity index is 1200. The number of hydrogen-bond donors (Lipinski definition) is 4. The summed E-state index contributed by atoms with van der Waals surface area (Å²) in [6.45, 7) is 4.67. The van der Waals surface area contributed by atoms with Gasteiger partial charge in [-0.3, -0.25) is 10.2 Å². The summed E-state index contributed by atoms with van der Waals surface area (Å²) in [5, 5.41) is 11.4. The smallest absolute Gasteiger partial charge is 0.274 e. The van der Waals surface area contributed by atoms with Crippen LogP contribution in [0, 0.1) is 5.41 Å². The number of nitrogens with two attached hydrogens (primary N) is 1. The topological polar surface area (TPSA) is 108 Å². The Kier molecular flexibility index (Phi) is 6.94. The van der Waals surface area contributed by atoms with Crippen molar-refractivity contribution in [3.63, 3.8) is 0 Å². The van der Waals surface area contributed by atoms with Crippen molar-refractivity contribution in [3.05, 3.63) is 63.9 Å². The van der Waals surface area contributed by atoms with Crippen molar-refractivity contribution in [2.45, 2.75) is 76.8 Å². The standard InChI is InChI=1S/C27H35N5O/c1-18-8-7-15-27(2,32-18)14-5-3-4-9-19-12-13-22-23(16-19)31-26(33)24(30-22)20-10-6-11-21(17-20)25(28)29/h6,10-13,16-18,32H,3-5,7-9,14-15H2,1-2H3,(H3,28,29)(H,31,33)/t18-,27+/m0/s1. The molecule has 6 nitrogen and oxygen atoms in total. The van der Waals surface area contributed by atoms with E-state index < -0.39 is 0 Å². The van der Waals surface area contributed by atoms with Crippen molar-refractivity contribution < 1.29 is 0 Å². The van der Waals surface area contributed by atoms with E-state index >= 15 is 0 Å². The third-order valence-corrected chi connectivity index (χ3v) is 6.86. The lowest BCUT2D eigenvalue weighted by molar-refractivity contribution is 0.214. The van der Waals surface area contributed by atoms with Gasteiger partial charge >= 0.3 is 0 Å². The molecule has 1 fully saturated rings. The maximum atomic E-state index is 12.7. The first-order valence-corrected chi connectivity index (χ1v) is 12.1. The van der Waals surface area contributed by atoms with Crippen molar-refractivity contribution in [2.24, 2.45) is 5.73 Å². The molecule has 174 valence electrons. The second kappa shape index (κ2) is 9.87. The SMILES string of the molecule is C[C@H]1CCC[C@@](C)(CCCCCc2ccc3nc(-c4cccc(C(=N)N)c4)c(=O)[nH]c3c2)N1. The van der Waals surface area contributed by atoms with E-state index in [1.807, 2.05) is 18.2 Å². The van der Waals surface area contributed by atoms with Gasteiger partial charge in [-0.15, -0.1) is 0 Å². The third-order valence-electron chi connectivity index (χ3n) is 6.86. The molecule has 0 bridgehead atoms. The van der Waals surface area contributed by atoms with Crippen molar-refractivity contribution in [3.8, 4) is 11.3 Å². The fourth-order valence-electron chi connectivity index (χ4n) is 5.07. The number of amidine groups is 1. The van der Waals surface area contributed by atoms with Gasteiger partial charge in [0.25, 0.3) is 5.56 Å². The third kappa shape index (κ3) is 5.69. The summed E-state index contributed by atoms with van der Waals surface area (Å²) in [5.41, 5.74) is 9.97. The van der Waals surface area contributed by atoms with Gasteiger partial charge < -0.3 is 16.0 Å². The van der Waals surface area contributed by atoms with E-state index in [4.69, 9.17) is 11.1 Å². The lowest BCUT2D eigenvalue weighted by Gasteiger charge is -2.39. The first-order chi connectivity index (χ1) is 15.8. The predicted molar refractivity (Wildman–Crippen MR) is 136 cm³/mol. The number of hydrogen-bond acceptors (Lipinski definition) is 4. The van der Waals surface area contributed by atoms with Crippen molar-refractivity contribution in [2.75, 3.05) is 0 Å². The number of H-pyrrole nitrogens is 1. The van der Waals surface area contributed by atoms with Crippen LogP contribution >= 0.6 is 0 Å².